The second-order valence-electron chi connectivity index (χ2n) is 8.06. The summed E-state index contributed by atoms with van der Waals surface area (Å²) in [5, 5.41) is 22.4. The number of carbonyl (C=O) groups is 1. The van der Waals surface area contributed by atoms with Crippen molar-refractivity contribution in [2.45, 2.75) is 129 Å². The van der Waals surface area contributed by atoms with Crippen molar-refractivity contribution < 1.29 is 15.0 Å². The Balaban J connectivity index is 3.80. The number of carbonyl (C=O) groups excluding carboxylic acids is 1. The minimum atomic E-state index is -0.826. The molecule has 0 aromatic carbocycles. The number of aliphatic hydroxyl groups excluding tert-OH is 2. The molecule has 0 spiro atoms. The highest BCUT2D eigenvalue weighted by atomic mass is 16.3. The first kappa shape index (κ1) is 27.1. The minimum absolute atomic E-state index is 0.0767. The Bertz CT molecular complexity index is 371. The Morgan fingerprint density at radius 2 is 1.32 bits per heavy atom. The van der Waals surface area contributed by atoms with Gasteiger partial charge >= 0.3 is 0 Å². The molecular weight excluding hydrogens is 350 g/mol. The van der Waals surface area contributed by atoms with Crippen LogP contribution in [-0.4, -0.2) is 34.9 Å². The molecule has 28 heavy (non-hydrogen) atoms. The molecule has 0 aromatic heterocycles. The van der Waals surface area contributed by atoms with E-state index in [0.717, 1.165) is 25.7 Å². The van der Waals surface area contributed by atoms with Crippen LogP contribution in [0.3, 0.4) is 0 Å². The third kappa shape index (κ3) is 17.2. The van der Waals surface area contributed by atoms with E-state index in [4.69, 9.17) is 0 Å². The topological polar surface area (TPSA) is 69.6 Å². The van der Waals surface area contributed by atoms with E-state index in [1.165, 1.54) is 70.6 Å². The molecule has 2 atom stereocenters. The van der Waals surface area contributed by atoms with E-state index in [1.807, 2.05) is 6.08 Å². The number of allylic oxidation sites excluding steroid dienone is 1. The second-order valence-corrected chi connectivity index (χ2v) is 8.06. The lowest BCUT2D eigenvalue weighted by Gasteiger charge is -2.20. The van der Waals surface area contributed by atoms with Crippen molar-refractivity contribution in [3.8, 4) is 0 Å². The van der Waals surface area contributed by atoms with Gasteiger partial charge in [0.05, 0.1) is 18.8 Å². The number of nitrogens with one attached hydrogen (secondary N) is 1. The highest BCUT2D eigenvalue weighted by molar-refractivity contribution is 5.76. The molecule has 0 aliphatic carbocycles. The Morgan fingerprint density at radius 1 is 0.821 bits per heavy atom. The van der Waals surface area contributed by atoms with E-state index in [1.54, 1.807) is 6.08 Å². The molecule has 0 fully saturated rings. The van der Waals surface area contributed by atoms with Crippen molar-refractivity contribution in [2.75, 3.05) is 6.61 Å². The van der Waals surface area contributed by atoms with E-state index in [2.05, 4.69) is 19.2 Å². The Labute approximate surface area is 174 Å². The highest BCUT2D eigenvalue weighted by Crippen LogP contribution is 2.10. The summed E-state index contributed by atoms with van der Waals surface area (Å²) >= 11 is 0. The van der Waals surface area contributed by atoms with E-state index in [9.17, 15) is 15.0 Å². The Hall–Kier alpha value is -0.870. The van der Waals surface area contributed by atoms with Gasteiger partial charge in [0.2, 0.25) is 5.91 Å². The minimum Gasteiger partial charge on any atom is -0.394 e. The molecule has 0 aromatic rings. The first-order valence-corrected chi connectivity index (χ1v) is 11.9. The van der Waals surface area contributed by atoms with Crippen molar-refractivity contribution in [3.05, 3.63) is 12.2 Å². The van der Waals surface area contributed by atoms with Gasteiger partial charge in [-0.3, -0.25) is 4.79 Å². The van der Waals surface area contributed by atoms with E-state index in [0.29, 0.717) is 6.42 Å². The molecule has 0 heterocycles. The molecule has 0 saturated carbocycles. The largest absolute Gasteiger partial charge is 0.394 e. The number of amides is 1. The maximum Gasteiger partial charge on any atom is 0.220 e. The molecule has 0 bridgehead atoms. The average molecular weight is 398 g/mol. The Morgan fingerprint density at radius 3 is 1.86 bits per heavy atom. The summed E-state index contributed by atoms with van der Waals surface area (Å²) in [5.74, 6) is -0.0767. The summed E-state index contributed by atoms with van der Waals surface area (Å²) in [6, 6.07) is -0.609. The van der Waals surface area contributed by atoms with Gasteiger partial charge in [0, 0.05) is 6.42 Å². The first-order valence-electron chi connectivity index (χ1n) is 11.9. The van der Waals surface area contributed by atoms with E-state index >= 15 is 0 Å². The summed E-state index contributed by atoms with van der Waals surface area (Å²) < 4.78 is 0. The van der Waals surface area contributed by atoms with Gasteiger partial charge in [-0.2, -0.15) is 0 Å². The molecule has 2 unspecified atom stereocenters. The average Bonchev–Trinajstić information content (AvgIpc) is 2.69. The van der Waals surface area contributed by atoms with Crippen LogP contribution in [0.15, 0.2) is 12.2 Å². The summed E-state index contributed by atoms with van der Waals surface area (Å²) in [6.45, 7) is 4.20. The second kappa shape index (κ2) is 20.9. The maximum absolute atomic E-state index is 12.0. The van der Waals surface area contributed by atoms with Crippen molar-refractivity contribution >= 4 is 5.91 Å². The fraction of sp³-hybridized carbons (Fsp3) is 0.875. The van der Waals surface area contributed by atoms with Crippen molar-refractivity contribution in [2.24, 2.45) is 0 Å². The summed E-state index contributed by atoms with van der Waals surface area (Å²) in [5.41, 5.74) is 0. The number of unbranched alkanes of at least 4 members (excludes halogenated alkanes) is 13. The first-order chi connectivity index (χ1) is 13.7. The molecule has 4 nitrogen and oxygen atoms in total. The molecule has 3 N–H and O–H groups in total. The molecule has 166 valence electrons. The normalized spacial score (nSPS) is 13.7. The SMILES string of the molecule is CCCCCCCCC/C=C/C(O)C(CO)NC(=O)CCCCCCCCC. The fourth-order valence-electron chi connectivity index (χ4n) is 3.35. The predicted molar refractivity (Wildman–Crippen MR) is 119 cm³/mol. The van der Waals surface area contributed by atoms with Crippen LogP contribution >= 0.6 is 0 Å². The number of hydrogen-bond acceptors (Lipinski definition) is 3. The van der Waals surface area contributed by atoms with Crippen LogP contribution in [-0.2, 0) is 4.79 Å². The highest BCUT2D eigenvalue weighted by Gasteiger charge is 2.17. The molecule has 1 amide bonds. The standard InChI is InChI=1S/C24H47NO3/c1-3-5-7-9-11-12-14-15-17-19-23(27)22(21-26)25-24(28)20-18-16-13-10-8-6-4-2/h17,19,22-23,26-27H,3-16,18,20-21H2,1-2H3,(H,25,28)/b19-17+. The molecule has 0 rings (SSSR count). The van der Waals surface area contributed by atoms with Gasteiger partial charge in [0.25, 0.3) is 0 Å². The molecular formula is C24H47NO3. The van der Waals surface area contributed by atoms with Crippen molar-refractivity contribution in [3.63, 3.8) is 0 Å². The third-order valence-electron chi connectivity index (χ3n) is 5.27. The van der Waals surface area contributed by atoms with Crippen LogP contribution in [0.25, 0.3) is 0 Å². The molecule has 4 heteroatoms. The van der Waals surface area contributed by atoms with Crippen LogP contribution in [0.1, 0.15) is 117 Å². The summed E-state index contributed by atoms with van der Waals surface area (Å²) in [7, 11) is 0. The van der Waals surface area contributed by atoms with Gasteiger partial charge in [-0.25, -0.2) is 0 Å². The van der Waals surface area contributed by atoms with Gasteiger partial charge in [-0.1, -0.05) is 103 Å². The van der Waals surface area contributed by atoms with Crippen molar-refractivity contribution in [1.82, 2.24) is 5.32 Å². The van der Waals surface area contributed by atoms with Crippen LogP contribution in [0.2, 0.25) is 0 Å². The quantitative estimate of drug-likeness (QED) is 0.183. The number of rotatable bonds is 20. The zero-order chi connectivity index (χ0) is 20.9. The van der Waals surface area contributed by atoms with Gasteiger partial charge < -0.3 is 15.5 Å². The lowest BCUT2D eigenvalue weighted by atomic mass is 10.1. The van der Waals surface area contributed by atoms with Crippen LogP contribution in [0.4, 0.5) is 0 Å². The zero-order valence-electron chi connectivity index (χ0n) is 18.6. The van der Waals surface area contributed by atoms with Gasteiger partial charge in [-0.15, -0.1) is 0 Å². The molecule has 0 aliphatic heterocycles. The smallest absolute Gasteiger partial charge is 0.220 e. The lowest BCUT2D eigenvalue weighted by molar-refractivity contribution is -0.123. The zero-order valence-corrected chi connectivity index (χ0v) is 18.6. The Kier molecular flexibility index (Phi) is 20.2. The molecule has 0 aliphatic rings. The lowest BCUT2D eigenvalue weighted by Crippen LogP contribution is -2.45. The summed E-state index contributed by atoms with van der Waals surface area (Å²) in [4.78, 5) is 12.0. The number of aliphatic hydroxyl groups is 2. The number of hydrogen-bond donors (Lipinski definition) is 3. The maximum atomic E-state index is 12.0. The van der Waals surface area contributed by atoms with Gasteiger partial charge in [-0.05, 0) is 19.3 Å². The van der Waals surface area contributed by atoms with Gasteiger partial charge in [0.1, 0.15) is 0 Å². The van der Waals surface area contributed by atoms with Crippen LogP contribution in [0, 0.1) is 0 Å². The third-order valence-corrected chi connectivity index (χ3v) is 5.27. The van der Waals surface area contributed by atoms with Crippen molar-refractivity contribution in [1.29, 1.82) is 0 Å². The summed E-state index contributed by atoms with van der Waals surface area (Å²) in [6.07, 6.45) is 21.4. The molecule has 0 radical (unpaired) electrons. The monoisotopic (exact) mass is 397 g/mol. The van der Waals surface area contributed by atoms with E-state index < -0.39 is 12.1 Å². The van der Waals surface area contributed by atoms with E-state index in [-0.39, 0.29) is 12.5 Å². The fourth-order valence-corrected chi connectivity index (χ4v) is 3.35. The molecule has 0 saturated heterocycles. The van der Waals surface area contributed by atoms with Gasteiger partial charge in [0.15, 0.2) is 0 Å². The van der Waals surface area contributed by atoms with Crippen LogP contribution < -0.4 is 5.32 Å². The predicted octanol–water partition coefficient (Wildman–Crippen LogP) is 5.66. The van der Waals surface area contributed by atoms with Crippen LogP contribution in [0.5, 0.6) is 0 Å².